The zero-order valence-corrected chi connectivity index (χ0v) is 10.1. The molecule has 4 nitrogen and oxygen atoms in total. The monoisotopic (exact) mass is 231 g/mol. The lowest BCUT2D eigenvalue weighted by molar-refractivity contribution is -0.154. The van der Waals surface area contributed by atoms with Crippen LogP contribution in [0.4, 0.5) is 0 Å². The van der Waals surface area contributed by atoms with Gasteiger partial charge in [-0.15, -0.1) is 0 Å². The third-order valence-electron chi connectivity index (χ3n) is 2.67. The Morgan fingerprint density at radius 2 is 2.27 bits per heavy atom. The quantitative estimate of drug-likeness (QED) is 0.732. The van der Waals surface area contributed by atoms with Crippen LogP contribution >= 0.6 is 11.8 Å². The van der Waals surface area contributed by atoms with E-state index in [-0.39, 0.29) is 17.1 Å². The Bertz CT molecular complexity index is 269. The minimum absolute atomic E-state index is 0.152. The van der Waals surface area contributed by atoms with Gasteiger partial charge in [0, 0.05) is 12.2 Å². The molecule has 1 fully saturated rings. The molecule has 0 aliphatic heterocycles. The van der Waals surface area contributed by atoms with Crippen LogP contribution in [0.2, 0.25) is 0 Å². The van der Waals surface area contributed by atoms with Crippen molar-refractivity contribution in [3.05, 3.63) is 0 Å². The first-order valence-corrected chi connectivity index (χ1v) is 6.10. The third kappa shape index (κ3) is 2.27. The third-order valence-corrected chi connectivity index (χ3v) is 4.04. The van der Waals surface area contributed by atoms with Crippen LogP contribution in [-0.2, 0) is 14.3 Å². The fourth-order valence-corrected chi connectivity index (χ4v) is 3.15. The molecule has 2 atom stereocenters. The molecule has 1 saturated carbocycles. The lowest BCUT2D eigenvalue weighted by Crippen LogP contribution is -2.67. The average molecular weight is 231 g/mol. The Morgan fingerprint density at radius 3 is 2.60 bits per heavy atom. The first kappa shape index (κ1) is 12.4. The molecule has 15 heavy (non-hydrogen) atoms. The van der Waals surface area contributed by atoms with E-state index in [0.717, 1.165) is 12.2 Å². The summed E-state index contributed by atoms with van der Waals surface area (Å²) >= 11 is 1.70. The van der Waals surface area contributed by atoms with Gasteiger partial charge in [0.05, 0.1) is 7.11 Å². The molecule has 0 saturated heterocycles. The van der Waals surface area contributed by atoms with E-state index in [2.05, 4.69) is 5.32 Å². The van der Waals surface area contributed by atoms with Crippen molar-refractivity contribution < 1.29 is 14.3 Å². The summed E-state index contributed by atoms with van der Waals surface area (Å²) in [4.78, 5) is 22.8. The summed E-state index contributed by atoms with van der Waals surface area (Å²) in [7, 11) is 1.36. The number of esters is 1. The largest absolute Gasteiger partial charge is 0.467 e. The Balaban J connectivity index is 2.77. The van der Waals surface area contributed by atoms with Gasteiger partial charge in [-0.05, 0) is 18.6 Å². The van der Waals surface area contributed by atoms with E-state index in [9.17, 15) is 9.59 Å². The SMILES string of the molecule is CCS[C@H]1CC[C@@]1(NC(C)=O)C(=O)OC. The highest BCUT2D eigenvalue weighted by Gasteiger charge is 2.54. The normalized spacial score (nSPS) is 29.1. The fraction of sp³-hybridized carbons (Fsp3) is 0.800. The summed E-state index contributed by atoms with van der Waals surface area (Å²) in [6.07, 6.45) is 1.63. The van der Waals surface area contributed by atoms with E-state index < -0.39 is 5.54 Å². The number of carbonyl (C=O) groups excluding carboxylic acids is 2. The zero-order chi connectivity index (χ0) is 11.5. The van der Waals surface area contributed by atoms with E-state index in [1.165, 1.54) is 14.0 Å². The van der Waals surface area contributed by atoms with Gasteiger partial charge in [0.25, 0.3) is 0 Å². The molecule has 1 aliphatic rings. The van der Waals surface area contributed by atoms with Gasteiger partial charge in [0.2, 0.25) is 5.91 Å². The Kier molecular flexibility index (Phi) is 4.02. The molecule has 1 amide bonds. The fourth-order valence-electron chi connectivity index (χ4n) is 1.90. The van der Waals surface area contributed by atoms with Crippen molar-refractivity contribution in [2.45, 2.75) is 37.5 Å². The van der Waals surface area contributed by atoms with Gasteiger partial charge in [-0.25, -0.2) is 4.79 Å². The van der Waals surface area contributed by atoms with Crippen molar-refractivity contribution in [3.8, 4) is 0 Å². The summed E-state index contributed by atoms with van der Waals surface area (Å²) in [6.45, 7) is 3.47. The summed E-state index contributed by atoms with van der Waals surface area (Å²) in [5.41, 5.74) is -0.777. The van der Waals surface area contributed by atoms with E-state index in [4.69, 9.17) is 4.74 Å². The highest BCUT2D eigenvalue weighted by atomic mass is 32.2. The number of thioether (sulfide) groups is 1. The number of carbonyl (C=O) groups is 2. The van der Waals surface area contributed by atoms with Crippen molar-refractivity contribution in [1.82, 2.24) is 5.32 Å². The van der Waals surface area contributed by atoms with E-state index >= 15 is 0 Å². The molecular formula is C10H17NO3S. The summed E-state index contributed by atoms with van der Waals surface area (Å²) < 4.78 is 4.77. The maximum atomic E-state index is 11.7. The minimum Gasteiger partial charge on any atom is -0.467 e. The van der Waals surface area contributed by atoms with Crippen LogP contribution in [0.3, 0.4) is 0 Å². The number of ether oxygens (including phenoxy) is 1. The van der Waals surface area contributed by atoms with Gasteiger partial charge in [0.15, 0.2) is 0 Å². The van der Waals surface area contributed by atoms with Gasteiger partial charge in [-0.2, -0.15) is 11.8 Å². The van der Waals surface area contributed by atoms with E-state index in [1.54, 1.807) is 11.8 Å². The Labute approximate surface area is 94.1 Å². The van der Waals surface area contributed by atoms with Crippen LogP contribution in [0.25, 0.3) is 0 Å². The molecule has 0 unspecified atom stereocenters. The predicted octanol–water partition coefficient (Wildman–Crippen LogP) is 0.950. The lowest BCUT2D eigenvalue weighted by atomic mass is 9.76. The lowest BCUT2D eigenvalue weighted by Gasteiger charge is -2.46. The van der Waals surface area contributed by atoms with Crippen molar-refractivity contribution in [2.75, 3.05) is 12.9 Å². The highest BCUT2D eigenvalue weighted by molar-refractivity contribution is 8.00. The summed E-state index contributed by atoms with van der Waals surface area (Å²) in [5, 5.41) is 2.90. The van der Waals surface area contributed by atoms with Crippen LogP contribution in [0.5, 0.6) is 0 Å². The number of methoxy groups -OCH3 is 1. The number of hydrogen-bond acceptors (Lipinski definition) is 4. The highest BCUT2D eigenvalue weighted by Crippen LogP contribution is 2.42. The minimum atomic E-state index is -0.777. The van der Waals surface area contributed by atoms with Crippen molar-refractivity contribution >= 4 is 23.6 Å². The van der Waals surface area contributed by atoms with Gasteiger partial charge in [-0.3, -0.25) is 4.79 Å². The molecule has 1 aliphatic carbocycles. The number of rotatable bonds is 4. The maximum absolute atomic E-state index is 11.7. The number of hydrogen-bond donors (Lipinski definition) is 1. The second-order valence-electron chi connectivity index (χ2n) is 3.63. The van der Waals surface area contributed by atoms with E-state index in [1.807, 2.05) is 6.92 Å². The molecule has 0 spiro atoms. The first-order chi connectivity index (χ1) is 7.06. The molecule has 5 heteroatoms. The topological polar surface area (TPSA) is 55.4 Å². The van der Waals surface area contributed by atoms with Crippen LogP contribution in [0.15, 0.2) is 0 Å². The Morgan fingerprint density at radius 1 is 1.60 bits per heavy atom. The molecule has 0 radical (unpaired) electrons. The molecule has 1 N–H and O–H groups in total. The van der Waals surface area contributed by atoms with Gasteiger partial charge >= 0.3 is 5.97 Å². The van der Waals surface area contributed by atoms with Crippen LogP contribution in [-0.4, -0.2) is 35.5 Å². The second-order valence-corrected chi connectivity index (χ2v) is 5.11. The Hall–Kier alpha value is -0.710. The number of nitrogens with one attached hydrogen (secondary N) is 1. The van der Waals surface area contributed by atoms with Gasteiger partial charge in [-0.1, -0.05) is 6.92 Å². The predicted molar refractivity (Wildman–Crippen MR) is 59.7 cm³/mol. The van der Waals surface area contributed by atoms with Crippen molar-refractivity contribution in [1.29, 1.82) is 0 Å². The molecule has 0 heterocycles. The molecule has 0 aromatic carbocycles. The van der Waals surface area contributed by atoms with Crippen LogP contribution in [0, 0.1) is 0 Å². The van der Waals surface area contributed by atoms with Gasteiger partial charge < -0.3 is 10.1 Å². The smallest absolute Gasteiger partial charge is 0.332 e. The standard InChI is InChI=1S/C10H17NO3S/c1-4-15-8-5-6-10(8,9(13)14-3)11-7(2)12/h8H,4-6H2,1-3H3,(H,11,12)/t8-,10-/m0/s1. The molecule has 0 bridgehead atoms. The molecule has 1 rings (SSSR count). The first-order valence-electron chi connectivity index (χ1n) is 5.05. The summed E-state index contributed by atoms with van der Waals surface area (Å²) in [6, 6.07) is 0. The van der Waals surface area contributed by atoms with Crippen LogP contribution < -0.4 is 5.32 Å². The second kappa shape index (κ2) is 4.88. The molecule has 86 valence electrons. The molecular weight excluding hydrogens is 214 g/mol. The van der Waals surface area contributed by atoms with Gasteiger partial charge in [0.1, 0.15) is 5.54 Å². The molecule has 0 aromatic heterocycles. The maximum Gasteiger partial charge on any atom is 0.332 e. The van der Waals surface area contributed by atoms with E-state index in [0.29, 0.717) is 6.42 Å². The van der Waals surface area contributed by atoms with Crippen molar-refractivity contribution in [3.63, 3.8) is 0 Å². The molecule has 0 aromatic rings. The van der Waals surface area contributed by atoms with Crippen molar-refractivity contribution in [2.24, 2.45) is 0 Å². The average Bonchev–Trinajstić information content (AvgIpc) is 2.19. The number of amides is 1. The zero-order valence-electron chi connectivity index (χ0n) is 9.33. The van der Waals surface area contributed by atoms with Crippen LogP contribution in [0.1, 0.15) is 26.7 Å². The summed E-state index contributed by atoms with van der Waals surface area (Å²) in [5.74, 6) is 0.430.